The predicted octanol–water partition coefficient (Wildman–Crippen LogP) is 2.09. The van der Waals surface area contributed by atoms with E-state index in [2.05, 4.69) is 51.8 Å². The predicted molar refractivity (Wildman–Crippen MR) is 73.4 cm³/mol. The van der Waals surface area contributed by atoms with Crippen LogP contribution in [0.4, 0.5) is 10.5 Å². The highest BCUT2D eigenvalue weighted by Gasteiger charge is 2.53. The van der Waals surface area contributed by atoms with Crippen LogP contribution in [0.2, 0.25) is 0 Å². The van der Waals surface area contributed by atoms with Crippen molar-refractivity contribution in [2.45, 2.75) is 0 Å². The van der Waals surface area contributed by atoms with Gasteiger partial charge in [-0.05, 0) is 46.9 Å². The van der Waals surface area contributed by atoms with E-state index in [1.54, 1.807) is 0 Å². The van der Waals surface area contributed by atoms with Gasteiger partial charge in [-0.2, -0.15) is 0 Å². The van der Waals surface area contributed by atoms with Gasteiger partial charge in [0.05, 0.1) is 0 Å². The molecule has 0 saturated carbocycles. The molecule has 2 aliphatic rings. The van der Waals surface area contributed by atoms with Crippen LogP contribution in [0.3, 0.4) is 0 Å². The Morgan fingerprint density at radius 2 is 1.76 bits per heavy atom. The number of rotatable bonds is 1. The lowest BCUT2D eigenvalue weighted by Crippen LogP contribution is -2.73. The Balaban J connectivity index is 1.59. The van der Waals surface area contributed by atoms with Crippen molar-refractivity contribution in [1.82, 2.24) is 4.90 Å². The fourth-order valence-electron chi connectivity index (χ4n) is 2.70. The van der Waals surface area contributed by atoms with Gasteiger partial charge in [0.15, 0.2) is 0 Å². The molecule has 2 heterocycles. The second-order valence-electron chi connectivity index (χ2n) is 4.97. The Kier molecular flexibility index (Phi) is 2.46. The molecule has 1 amide bonds. The van der Waals surface area contributed by atoms with Crippen LogP contribution in [0.5, 0.6) is 0 Å². The van der Waals surface area contributed by atoms with Crippen molar-refractivity contribution in [3.8, 4) is 0 Å². The molecular formula is C12H13IN2O2. The van der Waals surface area contributed by atoms with Crippen LogP contribution in [0, 0.1) is 8.99 Å². The molecule has 0 atom stereocenters. The molecule has 2 saturated heterocycles. The van der Waals surface area contributed by atoms with Crippen molar-refractivity contribution in [3.63, 3.8) is 0 Å². The lowest BCUT2D eigenvalue weighted by atomic mass is 9.73. The second kappa shape index (κ2) is 3.76. The van der Waals surface area contributed by atoms with E-state index in [1.165, 1.54) is 14.2 Å². The van der Waals surface area contributed by atoms with E-state index in [-0.39, 0.29) is 5.41 Å². The lowest BCUT2D eigenvalue weighted by Gasteiger charge is -2.60. The molecule has 1 N–H and O–H groups in total. The fraction of sp³-hybridized carbons (Fsp3) is 0.417. The lowest BCUT2D eigenvalue weighted by molar-refractivity contribution is -0.00941. The number of hydrogen-bond acceptors (Lipinski definition) is 2. The van der Waals surface area contributed by atoms with Gasteiger partial charge >= 0.3 is 6.09 Å². The van der Waals surface area contributed by atoms with Crippen LogP contribution in [-0.4, -0.2) is 42.3 Å². The van der Waals surface area contributed by atoms with Crippen molar-refractivity contribution in [1.29, 1.82) is 0 Å². The number of carbonyl (C=O) groups is 1. The number of hydrogen-bond donors (Lipinski definition) is 1. The van der Waals surface area contributed by atoms with E-state index >= 15 is 0 Å². The van der Waals surface area contributed by atoms with Gasteiger partial charge in [0.2, 0.25) is 0 Å². The van der Waals surface area contributed by atoms with Gasteiger partial charge in [-0.3, -0.25) is 0 Å². The quantitative estimate of drug-likeness (QED) is 0.794. The van der Waals surface area contributed by atoms with Crippen molar-refractivity contribution >= 4 is 34.4 Å². The highest BCUT2D eigenvalue weighted by atomic mass is 127. The number of benzene rings is 1. The molecular weight excluding hydrogens is 331 g/mol. The van der Waals surface area contributed by atoms with Gasteiger partial charge in [-0.1, -0.05) is 0 Å². The summed E-state index contributed by atoms with van der Waals surface area (Å²) in [6, 6.07) is 8.46. The van der Waals surface area contributed by atoms with Gasteiger partial charge < -0.3 is 14.9 Å². The molecule has 0 bridgehead atoms. The molecule has 0 aliphatic carbocycles. The van der Waals surface area contributed by atoms with E-state index in [1.807, 2.05) is 0 Å². The van der Waals surface area contributed by atoms with Crippen LogP contribution in [-0.2, 0) is 0 Å². The third-order valence-corrected chi connectivity index (χ3v) is 4.29. The number of carboxylic acid groups (broad SMARTS) is 1. The maximum absolute atomic E-state index is 10.7. The van der Waals surface area contributed by atoms with Crippen LogP contribution in [0.15, 0.2) is 24.3 Å². The monoisotopic (exact) mass is 344 g/mol. The standard InChI is InChI=1S/C12H13IN2O2/c13-9-1-3-10(4-2-9)14-5-12(6-14)7-15(8-12)11(16)17/h1-4H,5-8H2,(H,16,17). The topological polar surface area (TPSA) is 43.8 Å². The molecule has 4 nitrogen and oxygen atoms in total. The van der Waals surface area contributed by atoms with Crippen molar-refractivity contribution in [2.24, 2.45) is 5.41 Å². The van der Waals surface area contributed by atoms with Crippen molar-refractivity contribution in [3.05, 3.63) is 27.8 Å². The minimum absolute atomic E-state index is 0.237. The van der Waals surface area contributed by atoms with Crippen LogP contribution in [0.25, 0.3) is 0 Å². The number of halogens is 1. The maximum atomic E-state index is 10.7. The molecule has 1 aromatic rings. The molecule has 5 heteroatoms. The van der Waals surface area contributed by atoms with Gasteiger partial charge in [-0.25, -0.2) is 4.79 Å². The van der Waals surface area contributed by atoms with E-state index in [4.69, 9.17) is 5.11 Å². The Labute approximate surface area is 113 Å². The first kappa shape index (κ1) is 11.1. The highest BCUT2D eigenvalue weighted by Crippen LogP contribution is 2.41. The van der Waals surface area contributed by atoms with E-state index in [0.29, 0.717) is 13.1 Å². The molecule has 2 aliphatic heterocycles. The number of anilines is 1. The SMILES string of the molecule is O=C(O)N1CC2(C1)CN(c1ccc(I)cc1)C2. The average molecular weight is 344 g/mol. The summed E-state index contributed by atoms with van der Waals surface area (Å²) < 4.78 is 1.24. The molecule has 0 unspecified atom stereocenters. The van der Waals surface area contributed by atoms with Crippen molar-refractivity contribution in [2.75, 3.05) is 31.1 Å². The first-order valence-corrected chi connectivity index (χ1v) is 6.64. The van der Waals surface area contributed by atoms with Crippen LogP contribution >= 0.6 is 22.6 Å². The van der Waals surface area contributed by atoms with Crippen LogP contribution < -0.4 is 4.90 Å². The summed E-state index contributed by atoms with van der Waals surface area (Å²) in [6.07, 6.45) is -0.789. The summed E-state index contributed by atoms with van der Waals surface area (Å²) in [5.41, 5.74) is 1.48. The fourth-order valence-corrected chi connectivity index (χ4v) is 3.06. The average Bonchev–Trinajstić information content (AvgIpc) is 2.15. The minimum atomic E-state index is -0.789. The zero-order valence-electron chi connectivity index (χ0n) is 9.27. The maximum Gasteiger partial charge on any atom is 0.407 e. The molecule has 1 spiro atoms. The number of likely N-dealkylation sites (tertiary alicyclic amines) is 1. The van der Waals surface area contributed by atoms with Gasteiger partial charge in [0, 0.05) is 40.9 Å². The molecule has 1 aromatic carbocycles. The minimum Gasteiger partial charge on any atom is -0.465 e. The Morgan fingerprint density at radius 1 is 1.18 bits per heavy atom. The smallest absolute Gasteiger partial charge is 0.407 e. The summed E-state index contributed by atoms with van der Waals surface area (Å²) in [7, 11) is 0. The third kappa shape index (κ3) is 1.86. The van der Waals surface area contributed by atoms with Crippen molar-refractivity contribution < 1.29 is 9.90 Å². The molecule has 17 heavy (non-hydrogen) atoms. The van der Waals surface area contributed by atoms with Gasteiger partial charge in [0.25, 0.3) is 0 Å². The summed E-state index contributed by atoms with van der Waals surface area (Å²) in [5, 5.41) is 8.81. The van der Waals surface area contributed by atoms with E-state index < -0.39 is 6.09 Å². The molecule has 0 aromatic heterocycles. The van der Waals surface area contributed by atoms with Crippen LogP contribution in [0.1, 0.15) is 0 Å². The van der Waals surface area contributed by atoms with Gasteiger partial charge in [-0.15, -0.1) is 0 Å². The van der Waals surface area contributed by atoms with E-state index in [0.717, 1.165) is 13.1 Å². The second-order valence-corrected chi connectivity index (χ2v) is 6.22. The Bertz CT molecular complexity index is 446. The normalized spacial score (nSPS) is 21.0. The zero-order valence-corrected chi connectivity index (χ0v) is 11.4. The summed E-state index contributed by atoms with van der Waals surface area (Å²) in [5.74, 6) is 0. The summed E-state index contributed by atoms with van der Waals surface area (Å²) in [4.78, 5) is 14.5. The molecule has 90 valence electrons. The first-order valence-electron chi connectivity index (χ1n) is 5.56. The molecule has 3 rings (SSSR count). The first-order chi connectivity index (χ1) is 8.08. The highest BCUT2D eigenvalue weighted by molar-refractivity contribution is 14.1. The number of amides is 1. The Morgan fingerprint density at radius 3 is 2.29 bits per heavy atom. The Hall–Kier alpha value is -0.980. The van der Waals surface area contributed by atoms with E-state index in [9.17, 15) is 4.79 Å². The molecule has 0 radical (unpaired) electrons. The largest absolute Gasteiger partial charge is 0.465 e. The molecule has 2 fully saturated rings. The summed E-state index contributed by atoms with van der Waals surface area (Å²) >= 11 is 2.29. The van der Waals surface area contributed by atoms with Gasteiger partial charge in [0.1, 0.15) is 0 Å². The zero-order chi connectivity index (χ0) is 12.0. The summed E-state index contributed by atoms with van der Waals surface area (Å²) in [6.45, 7) is 3.36. The number of nitrogens with zero attached hydrogens (tertiary/aromatic N) is 2. The third-order valence-electron chi connectivity index (χ3n) is 3.57.